The van der Waals surface area contributed by atoms with Crippen LogP contribution in [0.2, 0.25) is 0 Å². The van der Waals surface area contributed by atoms with Crippen LogP contribution in [-0.4, -0.2) is 36.4 Å². The average Bonchev–Trinajstić information content (AvgIpc) is 3.01. The summed E-state index contributed by atoms with van der Waals surface area (Å²) in [6.45, 7) is 2.06. The minimum absolute atomic E-state index is 0.00482. The Hall–Kier alpha value is -2.82. The molecule has 0 unspecified atom stereocenters. The summed E-state index contributed by atoms with van der Waals surface area (Å²) in [4.78, 5) is 27.2. The lowest BCUT2D eigenvalue weighted by atomic mass is 10.1. The molecule has 1 N–H and O–H groups in total. The van der Waals surface area contributed by atoms with Crippen molar-refractivity contribution in [1.82, 2.24) is 4.90 Å². The second kappa shape index (κ2) is 10.5. The number of likely N-dealkylation sites (tertiary alicyclic amines) is 1. The Labute approximate surface area is 166 Å². The van der Waals surface area contributed by atoms with E-state index in [0.717, 1.165) is 31.7 Å². The van der Waals surface area contributed by atoms with Gasteiger partial charge < -0.3 is 15.0 Å². The lowest BCUT2D eigenvalue weighted by Crippen LogP contribution is -2.32. The first-order valence-corrected chi connectivity index (χ1v) is 10.1. The van der Waals surface area contributed by atoms with Crippen molar-refractivity contribution in [3.63, 3.8) is 0 Å². The maximum absolute atomic E-state index is 12.9. The van der Waals surface area contributed by atoms with Crippen molar-refractivity contribution in [2.45, 2.75) is 38.5 Å². The summed E-state index contributed by atoms with van der Waals surface area (Å²) in [6.07, 6.45) is 5.39. The van der Waals surface area contributed by atoms with Crippen LogP contribution >= 0.6 is 0 Å². The van der Waals surface area contributed by atoms with Gasteiger partial charge in [-0.2, -0.15) is 0 Å². The summed E-state index contributed by atoms with van der Waals surface area (Å²) in [6, 6.07) is 16.8. The maximum Gasteiger partial charge on any atom is 0.255 e. The highest BCUT2D eigenvalue weighted by molar-refractivity contribution is 6.03. The van der Waals surface area contributed by atoms with Crippen LogP contribution in [-0.2, 0) is 4.79 Å². The Morgan fingerprint density at radius 1 is 0.893 bits per heavy atom. The molecule has 0 aliphatic carbocycles. The number of nitrogens with one attached hydrogen (secondary N) is 1. The molecular weight excluding hydrogens is 352 g/mol. The lowest BCUT2D eigenvalue weighted by molar-refractivity contribution is -0.116. The Bertz CT molecular complexity index is 768. The first-order valence-electron chi connectivity index (χ1n) is 10.1. The van der Waals surface area contributed by atoms with Crippen LogP contribution in [0.1, 0.15) is 48.9 Å². The van der Waals surface area contributed by atoms with Crippen LogP contribution < -0.4 is 10.1 Å². The second-order valence-electron chi connectivity index (χ2n) is 7.07. The Balaban J connectivity index is 1.52. The fourth-order valence-corrected chi connectivity index (χ4v) is 3.37. The van der Waals surface area contributed by atoms with E-state index in [0.29, 0.717) is 30.7 Å². The second-order valence-corrected chi connectivity index (χ2v) is 7.07. The van der Waals surface area contributed by atoms with Crippen molar-refractivity contribution in [1.29, 1.82) is 0 Å². The van der Waals surface area contributed by atoms with E-state index in [-0.39, 0.29) is 11.8 Å². The monoisotopic (exact) mass is 380 g/mol. The van der Waals surface area contributed by atoms with Crippen molar-refractivity contribution >= 4 is 17.5 Å². The van der Waals surface area contributed by atoms with Gasteiger partial charge in [0.25, 0.3) is 5.91 Å². The predicted octanol–water partition coefficient (Wildman–Crippen LogP) is 4.50. The number of nitrogens with zero attached hydrogens (tertiary/aromatic N) is 1. The largest absolute Gasteiger partial charge is 0.494 e. The molecule has 3 rings (SSSR count). The molecule has 0 bridgehead atoms. The molecule has 1 aliphatic rings. The van der Waals surface area contributed by atoms with Gasteiger partial charge in [0.2, 0.25) is 5.91 Å². The third kappa shape index (κ3) is 5.84. The first kappa shape index (κ1) is 19.9. The summed E-state index contributed by atoms with van der Waals surface area (Å²) in [5, 5.41) is 2.90. The number of para-hydroxylation sites is 2. The number of carbonyl (C=O) groups excluding carboxylic acids is 2. The van der Waals surface area contributed by atoms with Gasteiger partial charge in [0, 0.05) is 19.5 Å². The number of benzene rings is 2. The van der Waals surface area contributed by atoms with Gasteiger partial charge in [0.1, 0.15) is 5.75 Å². The molecular formula is C23H28N2O3. The van der Waals surface area contributed by atoms with Crippen molar-refractivity contribution in [2.24, 2.45) is 0 Å². The van der Waals surface area contributed by atoms with Crippen molar-refractivity contribution in [2.75, 3.05) is 25.0 Å². The summed E-state index contributed by atoms with van der Waals surface area (Å²) < 4.78 is 5.62. The van der Waals surface area contributed by atoms with Gasteiger partial charge in [0.05, 0.1) is 17.9 Å². The van der Waals surface area contributed by atoms with Gasteiger partial charge in [-0.1, -0.05) is 43.2 Å². The minimum atomic E-state index is -0.104. The van der Waals surface area contributed by atoms with Gasteiger partial charge >= 0.3 is 0 Å². The molecule has 2 aromatic carbocycles. The fraction of sp³-hybridized carbons (Fsp3) is 0.391. The zero-order valence-electron chi connectivity index (χ0n) is 16.2. The normalized spacial score (nSPS) is 14.2. The Morgan fingerprint density at radius 3 is 2.32 bits per heavy atom. The van der Waals surface area contributed by atoms with E-state index in [2.05, 4.69) is 5.32 Å². The molecule has 0 atom stereocenters. The van der Waals surface area contributed by atoms with Crippen molar-refractivity contribution < 1.29 is 14.3 Å². The SMILES string of the molecule is O=C(CCCOc1ccccc1)Nc1ccccc1C(=O)N1CCCCCC1. The molecule has 1 heterocycles. The van der Waals surface area contributed by atoms with Crippen molar-refractivity contribution in [3.05, 3.63) is 60.2 Å². The van der Waals surface area contributed by atoms with E-state index in [9.17, 15) is 9.59 Å². The third-order valence-electron chi connectivity index (χ3n) is 4.88. The van der Waals surface area contributed by atoms with Crippen LogP contribution in [0, 0.1) is 0 Å². The van der Waals surface area contributed by atoms with Crippen LogP contribution in [0.15, 0.2) is 54.6 Å². The van der Waals surface area contributed by atoms with Gasteiger partial charge in [0.15, 0.2) is 0 Å². The zero-order valence-corrected chi connectivity index (χ0v) is 16.2. The standard InChI is InChI=1S/C23H28N2O3/c26-22(15-10-18-28-19-11-4-3-5-12-19)24-21-14-7-6-13-20(21)23(27)25-16-8-1-2-9-17-25/h3-7,11-14H,1-2,8-10,15-18H2,(H,24,26). The van der Waals surface area contributed by atoms with E-state index in [1.54, 1.807) is 12.1 Å². The number of hydrogen-bond donors (Lipinski definition) is 1. The smallest absolute Gasteiger partial charge is 0.255 e. The third-order valence-corrected chi connectivity index (χ3v) is 4.88. The van der Waals surface area contributed by atoms with E-state index in [1.807, 2.05) is 47.4 Å². The molecule has 2 aromatic rings. The van der Waals surface area contributed by atoms with E-state index >= 15 is 0 Å². The molecule has 0 saturated carbocycles. The van der Waals surface area contributed by atoms with Gasteiger partial charge in [-0.15, -0.1) is 0 Å². The summed E-state index contributed by atoms with van der Waals surface area (Å²) in [7, 11) is 0. The Kier molecular flexibility index (Phi) is 7.47. The molecule has 1 saturated heterocycles. The Morgan fingerprint density at radius 2 is 1.57 bits per heavy atom. The molecule has 2 amide bonds. The number of amides is 2. The van der Waals surface area contributed by atoms with Gasteiger partial charge in [-0.25, -0.2) is 0 Å². The van der Waals surface area contributed by atoms with Crippen LogP contribution in [0.4, 0.5) is 5.69 Å². The minimum Gasteiger partial charge on any atom is -0.494 e. The molecule has 0 spiro atoms. The highest BCUT2D eigenvalue weighted by Gasteiger charge is 2.20. The average molecular weight is 380 g/mol. The summed E-state index contributed by atoms with van der Waals surface area (Å²) in [5.41, 5.74) is 1.16. The first-order chi connectivity index (χ1) is 13.7. The quantitative estimate of drug-likeness (QED) is 0.720. The highest BCUT2D eigenvalue weighted by Crippen LogP contribution is 2.20. The lowest BCUT2D eigenvalue weighted by Gasteiger charge is -2.22. The number of anilines is 1. The molecule has 0 radical (unpaired) electrons. The van der Waals surface area contributed by atoms with E-state index in [4.69, 9.17) is 4.74 Å². The topological polar surface area (TPSA) is 58.6 Å². The van der Waals surface area contributed by atoms with E-state index in [1.165, 1.54) is 12.8 Å². The van der Waals surface area contributed by atoms with Crippen LogP contribution in [0.3, 0.4) is 0 Å². The van der Waals surface area contributed by atoms with Crippen molar-refractivity contribution in [3.8, 4) is 5.75 Å². The molecule has 28 heavy (non-hydrogen) atoms. The van der Waals surface area contributed by atoms with Gasteiger partial charge in [-0.05, 0) is 43.5 Å². The number of rotatable bonds is 7. The van der Waals surface area contributed by atoms with Crippen LogP contribution in [0.5, 0.6) is 5.75 Å². The number of ether oxygens (including phenoxy) is 1. The summed E-state index contributed by atoms with van der Waals surface area (Å²) in [5.74, 6) is 0.703. The molecule has 5 heteroatoms. The van der Waals surface area contributed by atoms with Gasteiger partial charge in [-0.3, -0.25) is 9.59 Å². The zero-order chi connectivity index (χ0) is 19.6. The highest BCUT2D eigenvalue weighted by atomic mass is 16.5. The molecule has 1 aliphatic heterocycles. The molecule has 1 fully saturated rings. The van der Waals surface area contributed by atoms with E-state index < -0.39 is 0 Å². The maximum atomic E-state index is 12.9. The fourth-order valence-electron chi connectivity index (χ4n) is 3.37. The molecule has 0 aromatic heterocycles. The number of carbonyl (C=O) groups is 2. The predicted molar refractivity (Wildman–Crippen MR) is 111 cm³/mol. The molecule has 148 valence electrons. The number of hydrogen-bond acceptors (Lipinski definition) is 3. The van der Waals surface area contributed by atoms with Crippen LogP contribution in [0.25, 0.3) is 0 Å². The summed E-state index contributed by atoms with van der Waals surface area (Å²) >= 11 is 0. The molecule has 5 nitrogen and oxygen atoms in total.